The molecule has 0 bridgehead atoms. The summed E-state index contributed by atoms with van der Waals surface area (Å²) >= 11 is 0. The Bertz CT molecular complexity index is 356. The highest BCUT2D eigenvalue weighted by molar-refractivity contribution is 5.85. The second-order valence-corrected chi connectivity index (χ2v) is 4.53. The van der Waals surface area contributed by atoms with Crippen molar-refractivity contribution in [3.05, 3.63) is 0 Å². The summed E-state index contributed by atoms with van der Waals surface area (Å²) in [7, 11) is 0. The molecule has 0 heterocycles. The number of hydrogen-bond donors (Lipinski definition) is 3. The third kappa shape index (κ3) is 5.87. The van der Waals surface area contributed by atoms with Gasteiger partial charge < -0.3 is 25.2 Å². The molecule has 0 rings (SSSR count). The number of carbonyl (C=O) groups is 3. The van der Waals surface area contributed by atoms with Crippen LogP contribution in [0.2, 0.25) is 0 Å². The van der Waals surface area contributed by atoms with Crippen molar-refractivity contribution < 1.29 is 29.3 Å². The molecule has 0 fully saturated rings. The molecule has 0 radical (unpaired) electrons. The van der Waals surface area contributed by atoms with Crippen molar-refractivity contribution in [1.29, 1.82) is 0 Å². The number of ether oxygens (including phenoxy) is 1. The zero-order chi connectivity index (χ0) is 15.9. The monoisotopic (exact) mass is 290 g/mol. The fraction of sp³-hybridized carbons (Fsp3) is 0.750. The number of rotatable bonds is 7. The fourth-order valence-electron chi connectivity index (χ4n) is 1.44. The van der Waals surface area contributed by atoms with Crippen molar-refractivity contribution in [2.45, 2.75) is 45.9 Å². The Labute approximate surface area is 117 Å². The highest BCUT2D eigenvalue weighted by Crippen LogP contribution is 2.02. The van der Waals surface area contributed by atoms with E-state index in [4.69, 9.17) is 9.84 Å². The van der Waals surface area contributed by atoms with Gasteiger partial charge >= 0.3 is 18.0 Å². The van der Waals surface area contributed by atoms with Crippen LogP contribution in [0.25, 0.3) is 0 Å². The van der Waals surface area contributed by atoms with Gasteiger partial charge in [-0.1, -0.05) is 0 Å². The molecule has 20 heavy (non-hydrogen) atoms. The number of aliphatic hydroxyl groups is 1. The maximum absolute atomic E-state index is 12.0. The molecule has 0 spiro atoms. The van der Waals surface area contributed by atoms with Gasteiger partial charge in [0.15, 0.2) is 6.04 Å². The number of nitrogens with one attached hydrogen (secondary N) is 1. The van der Waals surface area contributed by atoms with Crippen LogP contribution in [0.5, 0.6) is 0 Å². The van der Waals surface area contributed by atoms with E-state index in [1.54, 1.807) is 20.8 Å². The molecule has 3 N–H and O–H groups in total. The molecule has 0 aromatic heterocycles. The van der Waals surface area contributed by atoms with E-state index in [1.807, 2.05) is 0 Å². The highest BCUT2D eigenvalue weighted by atomic mass is 16.5. The molecule has 0 aromatic carbocycles. The maximum atomic E-state index is 12.0. The summed E-state index contributed by atoms with van der Waals surface area (Å²) in [5.41, 5.74) is 0. The zero-order valence-electron chi connectivity index (χ0n) is 12.1. The number of carboxylic acid groups (broad SMARTS) is 1. The average molecular weight is 290 g/mol. The molecule has 0 aliphatic rings. The van der Waals surface area contributed by atoms with Crippen LogP contribution in [0.15, 0.2) is 0 Å². The largest absolute Gasteiger partial charge is 0.480 e. The Balaban J connectivity index is 4.80. The van der Waals surface area contributed by atoms with Crippen LogP contribution >= 0.6 is 0 Å². The van der Waals surface area contributed by atoms with Crippen LogP contribution < -0.4 is 5.32 Å². The minimum Gasteiger partial charge on any atom is -0.480 e. The molecule has 2 amide bonds. The summed E-state index contributed by atoms with van der Waals surface area (Å²) in [6, 6.07) is -2.52. The number of carbonyl (C=O) groups excluding carboxylic acids is 2. The van der Waals surface area contributed by atoms with E-state index in [1.165, 1.54) is 6.92 Å². The topological polar surface area (TPSA) is 116 Å². The first-order valence-corrected chi connectivity index (χ1v) is 6.34. The van der Waals surface area contributed by atoms with Gasteiger partial charge in [-0.15, -0.1) is 0 Å². The van der Waals surface area contributed by atoms with Crippen LogP contribution in [-0.2, 0) is 14.3 Å². The molecule has 8 nitrogen and oxygen atoms in total. The number of hydrogen-bond acceptors (Lipinski definition) is 5. The van der Waals surface area contributed by atoms with Gasteiger partial charge in [-0.25, -0.2) is 9.59 Å². The van der Waals surface area contributed by atoms with E-state index in [0.717, 1.165) is 4.90 Å². The summed E-state index contributed by atoms with van der Waals surface area (Å²) in [5, 5.41) is 20.4. The molecule has 2 atom stereocenters. The molecule has 0 saturated heterocycles. The van der Waals surface area contributed by atoms with E-state index in [9.17, 15) is 19.5 Å². The lowest BCUT2D eigenvalue weighted by atomic mass is 10.2. The molecule has 8 heteroatoms. The van der Waals surface area contributed by atoms with E-state index < -0.39 is 30.1 Å². The minimum absolute atomic E-state index is 0.192. The number of urea groups is 1. The van der Waals surface area contributed by atoms with Crippen LogP contribution in [0.4, 0.5) is 4.79 Å². The van der Waals surface area contributed by atoms with Crippen molar-refractivity contribution in [3.8, 4) is 0 Å². The molecule has 0 aromatic rings. The molecular weight excluding hydrogens is 268 g/mol. The van der Waals surface area contributed by atoms with Crippen molar-refractivity contribution in [1.82, 2.24) is 10.2 Å². The third-order valence-electron chi connectivity index (χ3n) is 2.52. The zero-order valence-corrected chi connectivity index (χ0v) is 12.1. The minimum atomic E-state index is -1.44. The summed E-state index contributed by atoms with van der Waals surface area (Å²) < 4.78 is 4.75. The summed E-state index contributed by atoms with van der Waals surface area (Å²) in [6.45, 7) is 6.16. The van der Waals surface area contributed by atoms with Crippen molar-refractivity contribution in [3.63, 3.8) is 0 Å². The molecule has 116 valence electrons. The SMILES string of the molecule is CCOC(=O)CN(C(=O)NC(C(=O)O)C(C)O)C(C)C. The Kier molecular flexibility index (Phi) is 7.60. The third-order valence-corrected chi connectivity index (χ3v) is 2.52. The van der Waals surface area contributed by atoms with Gasteiger partial charge in [0.05, 0.1) is 12.7 Å². The summed E-state index contributed by atoms with van der Waals surface area (Å²) in [4.78, 5) is 35.4. The van der Waals surface area contributed by atoms with E-state index in [2.05, 4.69) is 5.32 Å². The predicted molar refractivity (Wildman–Crippen MR) is 70.1 cm³/mol. The second kappa shape index (κ2) is 8.36. The number of carboxylic acids is 1. The normalized spacial score (nSPS) is 13.5. The lowest BCUT2D eigenvalue weighted by Crippen LogP contribution is -2.54. The van der Waals surface area contributed by atoms with Gasteiger partial charge in [0, 0.05) is 6.04 Å². The first kappa shape index (κ1) is 18.2. The molecule has 2 unspecified atom stereocenters. The number of nitrogens with zero attached hydrogens (tertiary/aromatic N) is 1. The molecule has 0 aliphatic carbocycles. The van der Waals surface area contributed by atoms with E-state index in [0.29, 0.717) is 0 Å². The maximum Gasteiger partial charge on any atom is 0.328 e. The van der Waals surface area contributed by atoms with Gasteiger partial charge in [0.2, 0.25) is 0 Å². The van der Waals surface area contributed by atoms with Gasteiger partial charge in [-0.05, 0) is 27.7 Å². The highest BCUT2D eigenvalue weighted by Gasteiger charge is 2.29. The lowest BCUT2D eigenvalue weighted by molar-refractivity contribution is -0.144. The lowest BCUT2D eigenvalue weighted by Gasteiger charge is -2.28. The Hall–Kier alpha value is -1.83. The first-order valence-electron chi connectivity index (χ1n) is 6.34. The summed E-state index contributed by atoms with van der Waals surface area (Å²) in [5.74, 6) is -1.94. The van der Waals surface area contributed by atoms with Crippen molar-refractivity contribution in [2.24, 2.45) is 0 Å². The quantitative estimate of drug-likeness (QED) is 0.559. The van der Waals surface area contributed by atoms with Crippen LogP contribution in [-0.4, -0.2) is 64.4 Å². The average Bonchev–Trinajstić information content (AvgIpc) is 2.31. The van der Waals surface area contributed by atoms with Gasteiger partial charge in [-0.2, -0.15) is 0 Å². The summed E-state index contributed by atoms with van der Waals surface area (Å²) in [6.07, 6.45) is -1.26. The molecule has 0 saturated carbocycles. The van der Waals surface area contributed by atoms with Gasteiger partial charge in [-0.3, -0.25) is 4.79 Å². The van der Waals surface area contributed by atoms with Crippen LogP contribution in [0.3, 0.4) is 0 Å². The number of esters is 1. The fourth-order valence-corrected chi connectivity index (χ4v) is 1.44. The standard InChI is InChI=1S/C12H22N2O6/c1-5-20-9(16)6-14(7(2)3)12(19)13-10(8(4)15)11(17)18/h7-8,10,15H,5-6H2,1-4H3,(H,13,19)(H,17,18). The Morgan fingerprint density at radius 3 is 2.15 bits per heavy atom. The Morgan fingerprint density at radius 2 is 1.80 bits per heavy atom. The van der Waals surface area contributed by atoms with Crippen molar-refractivity contribution in [2.75, 3.05) is 13.2 Å². The van der Waals surface area contributed by atoms with E-state index in [-0.39, 0.29) is 19.2 Å². The van der Waals surface area contributed by atoms with Gasteiger partial charge in [0.25, 0.3) is 0 Å². The van der Waals surface area contributed by atoms with Gasteiger partial charge in [0.1, 0.15) is 6.54 Å². The molecular formula is C12H22N2O6. The molecule has 0 aliphatic heterocycles. The van der Waals surface area contributed by atoms with Crippen molar-refractivity contribution >= 4 is 18.0 Å². The van der Waals surface area contributed by atoms with Crippen LogP contribution in [0, 0.1) is 0 Å². The predicted octanol–water partition coefficient (Wildman–Crippen LogP) is -0.196. The smallest absolute Gasteiger partial charge is 0.328 e. The van der Waals surface area contributed by atoms with E-state index >= 15 is 0 Å². The number of amides is 2. The number of aliphatic carboxylic acids is 1. The first-order chi connectivity index (χ1) is 9.20. The number of aliphatic hydroxyl groups excluding tert-OH is 1. The second-order valence-electron chi connectivity index (χ2n) is 4.53. The van der Waals surface area contributed by atoms with Crippen LogP contribution in [0.1, 0.15) is 27.7 Å². The Morgan fingerprint density at radius 1 is 1.25 bits per heavy atom.